The molecule has 1 aromatic heterocycles. The van der Waals surface area contributed by atoms with Gasteiger partial charge in [-0.25, -0.2) is 9.78 Å². The van der Waals surface area contributed by atoms with Gasteiger partial charge >= 0.3 is 5.97 Å². The number of rotatable bonds is 7. The lowest BCUT2D eigenvalue weighted by Gasteiger charge is -2.10. The Hall–Kier alpha value is -3.21. The van der Waals surface area contributed by atoms with Crippen LogP contribution in [0.2, 0.25) is 10.0 Å². The maximum atomic E-state index is 11.5. The van der Waals surface area contributed by atoms with Gasteiger partial charge in [0.05, 0.1) is 40.4 Å². The number of nitrogens with one attached hydrogen (secondary N) is 1. The summed E-state index contributed by atoms with van der Waals surface area (Å²) in [5, 5.41) is 10.0. The van der Waals surface area contributed by atoms with E-state index in [1.807, 2.05) is 0 Å². The standard InChI is InChI=1S/C21H17Cl2N3O4/c1-3-29-19(27)11-30-20-15(22)7-12(8-16(20)23)6-13(10-24)21-25-17-5-4-14(28-2)9-18(17)26-21/h4-9H,3,11H2,1-2H3,(H,25,26)/b13-6+. The van der Waals surface area contributed by atoms with Crippen LogP contribution in [0, 0.1) is 11.3 Å². The zero-order valence-electron chi connectivity index (χ0n) is 16.2. The number of hydrogen-bond acceptors (Lipinski definition) is 6. The van der Waals surface area contributed by atoms with Crippen LogP contribution in [0.15, 0.2) is 30.3 Å². The smallest absolute Gasteiger partial charge is 0.344 e. The van der Waals surface area contributed by atoms with Gasteiger partial charge in [0.15, 0.2) is 12.4 Å². The molecular weight excluding hydrogens is 429 g/mol. The second-order valence-electron chi connectivity index (χ2n) is 6.05. The van der Waals surface area contributed by atoms with Crippen LogP contribution in [0.1, 0.15) is 18.3 Å². The van der Waals surface area contributed by atoms with Crippen LogP contribution in [0.5, 0.6) is 11.5 Å². The van der Waals surface area contributed by atoms with Crippen molar-refractivity contribution in [1.82, 2.24) is 9.97 Å². The Labute approximate surface area is 182 Å². The lowest BCUT2D eigenvalue weighted by Crippen LogP contribution is -2.14. The van der Waals surface area contributed by atoms with Crippen molar-refractivity contribution < 1.29 is 19.0 Å². The molecule has 9 heteroatoms. The molecule has 0 amide bonds. The van der Waals surface area contributed by atoms with E-state index in [2.05, 4.69) is 16.0 Å². The number of imidazole rings is 1. The molecule has 0 bridgehead atoms. The molecule has 0 aliphatic heterocycles. The zero-order valence-corrected chi connectivity index (χ0v) is 17.7. The van der Waals surface area contributed by atoms with Gasteiger partial charge in [-0.2, -0.15) is 5.26 Å². The van der Waals surface area contributed by atoms with E-state index in [-0.39, 0.29) is 34.6 Å². The van der Waals surface area contributed by atoms with Crippen LogP contribution in [-0.2, 0) is 9.53 Å². The topological polar surface area (TPSA) is 97.2 Å². The van der Waals surface area contributed by atoms with E-state index in [1.54, 1.807) is 50.4 Å². The largest absolute Gasteiger partial charge is 0.497 e. The Bertz CT molecular complexity index is 1140. The number of nitrogens with zero attached hydrogens (tertiary/aromatic N) is 2. The van der Waals surface area contributed by atoms with Gasteiger partial charge in [-0.1, -0.05) is 23.2 Å². The minimum absolute atomic E-state index is 0.165. The fourth-order valence-corrected chi connectivity index (χ4v) is 3.31. The molecule has 1 heterocycles. The number of carbonyl (C=O) groups is 1. The van der Waals surface area contributed by atoms with Crippen LogP contribution in [0.3, 0.4) is 0 Å². The first-order valence-corrected chi connectivity index (χ1v) is 9.64. The fraction of sp³-hybridized carbons (Fsp3) is 0.190. The number of methoxy groups -OCH3 is 1. The molecule has 0 fully saturated rings. The molecule has 30 heavy (non-hydrogen) atoms. The molecule has 0 spiro atoms. The maximum Gasteiger partial charge on any atom is 0.344 e. The third-order valence-electron chi connectivity index (χ3n) is 4.04. The quantitative estimate of drug-likeness (QED) is 0.410. The Balaban J connectivity index is 1.89. The monoisotopic (exact) mass is 445 g/mol. The van der Waals surface area contributed by atoms with Gasteiger partial charge < -0.3 is 19.2 Å². The summed E-state index contributed by atoms with van der Waals surface area (Å²) in [4.78, 5) is 19.0. The molecule has 0 aliphatic rings. The van der Waals surface area contributed by atoms with Gasteiger partial charge in [-0.05, 0) is 42.8 Å². The lowest BCUT2D eigenvalue weighted by atomic mass is 10.1. The van der Waals surface area contributed by atoms with Gasteiger partial charge in [0.2, 0.25) is 0 Å². The van der Waals surface area contributed by atoms with Crippen molar-refractivity contribution in [2.45, 2.75) is 6.92 Å². The van der Waals surface area contributed by atoms with Crippen LogP contribution < -0.4 is 9.47 Å². The highest BCUT2D eigenvalue weighted by Crippen LogP contribution is 2.35. The number of nitriles is 1. The number of carbonyl (C=O) groups excluding carboxylic acids is 1. The first-order valence-electron chi connectivity index (χ1n) is 8.88. The zero-order chi connectivity index (χ0) is 21.7. The summed E-state index contributed by atoms with van der Waals surface area (Å²) in [7, 11) is 1.58. The van der Waals surface area contributed by atoms with E-state index in [9.17, 15) is 10.1 Å². The minimum Gasteiger partial charge on any atom is -0.497 e. The summed E-state index contributed by atoms with van der Waals surface area (Å²) in [6.07, 6.45) is 1.60. The highest BCUT2D eigenvalue weighted by molar-refractivity contribution is 6.37. The van der Waals surface area contributed by atoms with Crippen molar-refractivity contribution in [3.63, 3.8) is 0 Å². The third-order valence-corrected chi connectivity index (χ3v) is 4.60. The number of esters is 1. The van der Waals surface area contributed by atoms with Crippen molar-refractivity contribution in [1.29, 1.82) is 5.26 Å². The number of allylic oxidation sites excluding steroid dienone is 1. The van der Waals surface area contributed by atoms with Gasteiger partial charge in [0.1, 0.15) is 17.6 Å². The van der Waals surface area contributed by atoms with E-state index in [1.165, 1.54) is 0 Å². The highest BCUT2D eigenvalue weighted by atomic mass is 35.5. The maximum absolute atomic E-state index is 11.5. The first kappa shape index (κ1) is 21.5. The summed E-state index contributed by atoms with van der Waals surface area (Å²) >= 11 is 12.5. The van der Waals surface area contributed by atoms with Crippen LogP contribution in [0.4, 0.5) is 0 Å². The molecule has 3 rings (SSSR count). The Morgan fingerprint density at radius 3 is 2.63 bits per heavy atom. The van der Waals surface area contributed by atoms with Crippen LogP contribution in [0.25, 0.3) is 22.7 Å². The minimum atomic E-state index is -0.526. The van der Waals surface area contributed by atoms with Crippen molar-refractivity contribution >= 4 is 51.9 Å². The van der Waals surface area contributed by atoms with Gasteiger partial charge in [0.25, 0.3) is 0 Å². The second kappa shape index (κ2) is 9.53. The molecule has 0 unspecified atom stereocenters. The molecule has 0 saturated heterocycles. The third kappa shape index (κ3) is 4.85. The molecule has 0 radical (unpaired) electrons. The number of hydrogen-bond donors (Lipinski definition) is 1. The molecule has 3 aromatic rings. The first-order chi connectivity index (χ1) is 14.4. The summed E-state index contributed by atoms with van der Waals surface area (Å²) in [6, 6.07) is 10.7. The van der Waals surface area contributed by atoms with E-state index >= 15 is 0 Å². The normalized spacial score (nSPS) is 11.2. The van der Waals surface area contributed by atoms with Crippen LogP contribution in [-0.4, -0.2) is 36.3 Å². The van der Waals surface area contributed by atoms with Crippen molar-refractivity contribution in [2.24, 2.45) is 0 Å². The number of ether oxygens (including phenoxy) is 3. The molecular formula is C21H17Cl2N3O4. The summed E-state index contributed by atoms with van der Waals surface area (Å²) in [6.45, 7) is 1.64. The lowest BCUT2D eigenvalue weighted by molar-refractivity contribution is -0.145. The fourth-order valence-electron chi connectivity index (χ4n) is 2.70. The Morgan fingerprint density at radius 2 is 2.00 bits per heavy atom. The summed E-state index contributed by atoms with van der Waals surface area (Å²) in [5.41, 5.74) is 2.30. The molecule has 7 nitrogen and oxygen atoms in total. The molecule has 1 N–H and O–H groups in total. The Kier molecular flexibility index (Phi) is 6.83. The van der Waals surface area contributed by atoms with Crippen LogP contribution >= 0.6 is 23.2 Å². The van der Waals surface area contributed by atoms with E-state index in [0.717, 1.165) is 5.52 Å². The van der Waals surface area contributed by atoms with E-state index < -0.39 is 5.97 Å². The van der Waals surface area contributed by atoms with E-state index in [4.69, 9.17) is 37.4 Å². The predicted octanol–water partition coefficient (Wildman–Crippen LogP) is 4.88. The number of halogens is 2. The Morgan fingerprint density at radius 1 is 1.27 bits per heavy atom. The average Bonchev–Trinajstić information content (AvgIpc) is 3.14. The molecule has 0 saturated carbocycles. The number of aromatic nitrogens is 2. The summed E-state index contributed by atoms with van der Waals surface area (Å²) < 4.78 is 15.4. The summed E-state index contributed by atoms with van der Waals surface area (Å²) in [5.74, 6) is 0.715. The molecule has 0 atom stereocenters. The van der Waals surface area contributed by atoms with Crippen molar-refractivity contribution in [2.75, 3.05) is 20.3 Å². The number of H-pyrrole nitrogens is 1. The van der Waals surface area contributed by atoms with Crippen molar-refractivity contribution in [3.05, 3.63) is 51.8 Å². The van der Waals surface area contributed by atoms with Crippen molar-refractivity contribution in [3.8, 4) is 17.6 Å². The van der Waals surface area contributed by atoms with Gasteiger partial charge in [-0.3, -0.25) is 0 Å². The second-order valence-corrected chi connectivity index (χ2v) is 6.86. The number of aromatic amines is 1. The highest BCUT2D eigenvalue weighted by Gasteiger charge is 2.14. The van der Waals surface area contributed by atoms with E-state index in [0.29, 0.717) is 22.7 Å². The SMILES string of the molecule is CCOC(=O)COc1c(Cl)cc(/C=C(\C#N)c2nc3ccc(OC)cc3[nH]2)cc1Cl. The number of benzene rings is 2. The molecule has 0 aliphatic carbocycles. The number of fused-ring (bicyclic) bond motifs is 1. The average molecular weight is 446 g/mol. The van der Waals surface area contributed by atoms with Gasteiger partial charge in [0, 0.05) is 6.07 Å². The molecule has 154 valence electrons. The van der Waals surface area contributed by atoms with Gasteiger partial charge in [-0.15, -0.1) is 0 Å². The molecule has 2 aromatic carbocycles. The predicted molar refractivity (Wildman–Crippen MR) is 115 cm³/mol.